The second kappa shape index (κ2) is 6.33. The molecule has 0 aliphatic rings. The summed E-state index contributed by atoms with van der Waals surface area (Å²) in [5.74, 6) is -1.95. The van der Waals surface area contributed by atoms with E-state index in [2.05, 4.69) is 10.6 Å². The molecule has 1 unspecified atom stereocenters. The summed E-state index contributed by atoms with van der Waals surface area (Å²) in [5.41, 5.74) is 0. The molecule has 14 heavy (non-hydrogen) atoms. The average molecular weight is 204 g/mol. The number of aliphatic hydroxyl groups excluding tert-OH is 1. The zero-order valence-corrected chi connectivity index (χ0v) is 8.28. The minimum Gasteiger partial charge on any atom is -0.480 e. The van der Waals surface area contributed by atoms with Gasteiger partial charge in [-0.2, -0.15) is 0 Å². The van der Waals surface area contributed by atoms with Gasteiger partial charge in [-0.05, 0) is 7.05 Å². The molecule has 0 radical (unpaired) electrons. The van der Waals surface area contributed by atoms with Crippen LogP contribution in [0, 0.1) is 5.92 Å². The fourth-order valence-corrected chi connectivity index (χ4v) is 0.898. The van der Waals surface area contributed by atoms with Crippen LogP contribution in [0.15, 0.2) is 0 Å². The largest absolute Gasteiger partial charge is 0.480 e. The van der Waals surface area contributed by atoms with Crippen molar-refractivity contribution in [2.45, 2.75) is 13.0 Å². The van der Waals surface area contributed by atoms with Gasteiger partial charge in [-0.15, -0.1) is 0 Å². The van der Waals surface area contributed by atoms with Gasteiger partial charge >= 0.3 is 5.97 Å². The number of carbonyl (C=O) groups is 2. The Balaban J connectivity index is 4.08. The summed E-state index contributed by atoms with van der Waals surface area (Å²) in [4.78, 5) is 21.7. The van der Waals surface area contributed by atoms with E-state index in [4.69, 9.17) is 10.2 Å². The van der Waals surface area contributed by atoms with Crippen LogP contribution < -0.4 is 10.6 Å². The molecule has 0 aliphatic heterocycles. The Morgan fingerprint density at radius 2 is 2.00 bits per heavy atom. The molecule has 0 bridgehead atoms. The molecule has 2 atom stereocenters. The van der Waals surface area contributed by atoms with Crippen LogP contribution in [0.4, 0.5) is 0 Å². The van der Waals surface area contributed by atoms with Gasteiger partial charge in [-0.1, -0.05) is 6.92 Å². The lowest BCUT2D eigenvalue weighted by atomic mass is 10.1. The molecule has 0 rings (SSSR count). The standard InChI is InChI=1S/C8H16N2O4/c1-5(3-9-2)7(12)10-6(4-11)8(13)14/h5-6,9,11H,3-4H2,1-2H3,(H,10,12)(H,13,14)/t5?,6-/m0/s1. The topological polar surface area (TPSA) is 98.7 Å². The van der Waals surface area contributed by atoms with Crippen LogP contribution in [0.25, 0.3) is 0 Å². The molecule has 0 aliphatic carbocycles. The van der Waals surface area contributed by atoms with E-state index < -0.39 is 18.6 Å². The number of aliphatic hydroxyl groups is 1. The minimum absolute atomic E-state index is 0.326. The Labute approximate surface area is 82.3 Å². The SMILES string of the molecule is CNCC(C)C(=O)N[C@@H](CO)C(=O)O. The van der Waals surface area contributed by atoms with Crippen molar-refractivity contribution < 1.29 is 19.8 Å². The van der Waals surface area contributed by atoms with Crippen LogP contribution in [-0.2, 0) is 9.59 Å². The summed E-state index contributed by atoms with van der Waals surface area (Å²) in [6, 6.07) is -1.22. The van der Waals surface area contributed by atoms with E-state index in [1.807, 2.05) is 0 Å². The molecule has 4 N–H and O–H groups in total. The first kappa shape index (κ1) is 12.9. The number of carbonyl (C=O) groups excluding carboxylic acids is 1. The second-order valence-corrected chi connectivity index (χ2v) is 3.04. The highest BCUT2D eigenvalue weighted by molar-refractivity contribution is 5.84. The third kappa shape index (κ3) is 4.20. The Morgan fingerprint density at radius 3 is 2.36 bits per heavy atom. The van der Waals surface area contributed by atoms with E-state index in [-0.39, 0.29) is 11.8 Å². The lowest BCUT2D eigenvalue weighted by molar-refractivity contribution is -0.143. The number of aliphatic carboxylic acids is 1. The van der Waals surface area contributed by atoms with E-state index >= 15 is 0 Å². The van der Waals surface area contributed by atoms with Crippen LogP contribution in [0.2, 0.25) is 0 Å². The first-order valence-electron chi connectivity index (χ1n) is 4.31. The van der Waals surface area contributed by atoms with Gasteiger partial charge in [0.1, 0.15) is 6.04 Å². The van der Waals surface area contributed by atoms with E-state index in [0.717, 1.165) is 0 Å². The highest BCUT2D eigenvalue weighted by atomic mass is 16.4. The average Bonchev–Trinajstić information content (AvgIpc) is 2.13. The molecule has 82 valence electrons. The molecule has 0 spiro atoms. The molecule has 0 aromatic heterocycles. The van der Waals surface area contributed by atoms with Gasteiger partial charge in [-0.3, -0.25) is 4.79 Å². The van der Waals surface area contributed by atoms with Gasteiger partial charge in [-0.25, -0.2) is 4.79 Å². The summed E-state index contributed by atoms with van der Waals surface area (Å²) in [5, 5.41) is 22.2. The summed E-state index contributed by atoms with van der Waals surface area (Å²) in [6.07, 6.45) is 0. The van der Waals surface area contributed by atoms with Gasteiger partial charge in [0.25, 0.3) is 0 Å². The molecule has 1 amide bonds. The number of hydrogen-bond acceptors (Lipinski definition) is 4. The van der Waals surface area contributed by atoms with E-state index in [9.17, 15) is 9.59 Å². The van der Waals surface area contributed by atoms with Gasteiger partial charge < -0.3 is 20.8 Å². The zero-order chi connectivity index (χ0) is 11.1. The first-order chi connectivity index (χ1) is 6.52. The van der Waals surface area contributed by atoms with Crippen LogP contribution in [-0.4, -0.2) is 48.3 Å². The fraction of sp³-hybridized carbons (Fsp3) is 0.750. The molecule has 0 aromatic rings. The predicted octanol–water partition coefficient (Wildman–Crippen LogP) is -1.60. The van der Waals surface area contributed by atoms with Crippen molar-refractivity contribution in [2.75, 3.05) is 20.2 Å². The molecule has 6 heteroatoms. The maximum atomic E-state index is 11.3. The maximum absolute atomic E-state index is 11.3. The van der Waals surface area contributed by atoms with Crippen molar-refractivity contribution in [1.29, 1.82) is 0 Å². The quantitative estimate of drug-likeness (QED) is 0.418. The third-order valence-corrected chi connectivity index (χ3v) is 1.76. The lowest BCUT2D eigenvalue weighted by Gasteiger charge is -2.15. The smallest absolute Gasteiger partial charge is 0.328 e. The normalized spacial score (nSPS) is 14.5. The number of nitrogens with one attached hydrogen (secondary N) is 2. The van der Waals surface area contributed by atoms with Crippen molar-refractivity contribution in [2.24, 2.45) is 5.92 Å². The van der Waals surface area contributed by atoms with E-state index in [0.29, 0.717) is 6.54 Å². The monoisotopic (exact) mass is 204 g/mol. The summed E-state index contributed by atoms with van der Waals surface area (Å²) < 4.78 is 0. The van der Waals surface area contributed by atoms with Crippen molar-refractivity contribution in [3.63, 3.8) is 0 Å². The third-order valence-electron chi connectivity index (χ3n) is 1.76. The number of carboxylic acids is 1. The number of carboxylic acid groups (broad SMARTS) is 1. The molecule has 6 nitrogen and oxygen atoms in total. The summed E-state index contributed by atoms with van der Waals surface area (Å²) in [6.45, 7) is 1.53. The number of rotatable bonds is 6. The Morgan fingerprint density at radius 1 is 1.43 bits per heavy atom. The van der Waals surface area contributed by atoms with Gasteiger partial charge in [0.2, 0.25) is 5.91 Å². The Kier molecular flexibility index (Phi) is 5.82. The second-order valence-electron chi connectivity index (χ2n) is 3.04. The molecule has 0 saturated carbocycles. The highest BCUT2D eigenvalue weighted by Gasteiger charge is 2.21. The molecular weight excluding hydrogens is 188 g/mol. The lowest BCUT2D eigenvalue weighted by Crippen LogP contribution is -2.46. The van der Waals surface area contributed by atoms with Crippen molar-refractivity contribution in [1.82, 2.24) is 10.6 Å². The number of hydrogen-bond donors (Lipinski definition) is 4. The van der Waals surface area contributed by atoms with Crippen LogP contribution in [0.1, 0.15) is 6.92 Å². The van der Waals surface area contributed by atoms with Crippen molar-refractivity contribution >= 4 is 11.9 Å². The molecule has 0 heterocycles. The maximum Gasteiger partial charge on any atom is 0.328 e. The molecule has 0 fully saturated rings. The van der Waals surface area contributed by atoms with Crippen LogP contribution >= 0.6 is 0 Å². The summed E-state index contributed by atoms with van der Waals surface area (Å²) >= 11 is 0. The highest BCUT2D eigenvalue weighted by Crippen LogP contribution is 1.94. The minimum atomic E-state index is -1.24. The predicted molar refractivity (Wildman–Crippen MR) is 49.7 cm³/mol. The first-order valence-corrected chi connectivity index (χ1v) is 4.31. The van der Waals surface area contributed by atoms with Gasteiger partial charge in [0, 0.05) is 12.5 Å². The summed E-state index contributed by atoms with van der Waals surface area (Å²) in [7, 11) is 1.70. The Bertz CT molecular complexity index is 208. The van der Waals surface area contributed by atoms with Crippen LogP contribution in [0.3, 0.4) is 0 Å². The molecular formula is C8H16N2O4. The molecule has 0 saturated heterocycles. The van der Waals surface area contributed by atoms with E-state index in [1.165, 1.54) is 0 Å². The molecule has 0 aromatic carbocycles. The van der Waals surface area contributed by atoms with Crippen molar-refractivity contribution in [3.8, 4) is 0 Å². The van der Waals surface area contributed by atoms with E-state index in [1.54, 1.807) is 14.0 Å². The fourth-order valence-electron chi connectivity index (χ4n) is 0.898. The zero-order valence-electron chi connectivity index (χ0n) is 8.28. The number of amides is 1. The van der Waals surface area contributed by atoms with Crippen LogP contribution in [0.5, 0.6) is 0 Å². The van der Waals surface area contributed by atoms with Gasteiger partial charge in [0.05, 0.1) is 6.61 Å². The Hall–Kier alpha value is -1.14. The van der Waals surface area contributed by atoms with Gasteiger partial charge in [0.15, 0.2) is 0 Å². The van der Waals surface area contributed by atoms with Crippen molar-refractivity contribution in [3.05, 3.63) is 0 Å².